The average molecular weight is 278 g/mol. The maximum absolute atomic E-state index is 9.55. The molecule has 4 nitrogen and oxygen atoms in total. The van der Waals surface area contributed by atoms with E-state index in [1.165, 1.54) is 0 Å². The molecule has 19 heavy (non-hydrogen) atoms. The van der Waals surface area contributed by atoms with Crippen molar-refractivity contribution in [3.63, 3.8) is 0 Å². The summed E-state index contributed by atoms with van der Waals surface area (Å²) in [4.78, 5) is 5.43. The van der Waals surface area contributed by atoms with Crippen molar-refractivity contribution in [2.75, 3.05) is 0 Å². The molecule has 1 aromatic heterocycles. The highest BCUT2D eigenvalue weighted by atomic mass is 32.2. The number of aromatic nitrogens is 2. The predicted octanol–water partition coefficient (Wildman–Crippen LogP) is 3.54. The van der Waals surface area contributed by atoms with Crippen LogP contribution in [0.5, 0.6) is 0 Å². The number of hydrogen-bond acceptors (Lipinski definition) is 5. The minimum absolute atomic E-state index is 0.254. The number of thioether (sulfide) groups is 1. The van der Waals surface area contributed by atoms with Gasteiger partial charge in [-0.3, -0.25) is 0 Å². The van der Waals surface area contributed by atoms with Crippen LogP contribution < -0.4 is 0 Å². The molecule has 1 aromatic carbocycles. The summed E-state index contributed by atoms with van der Waals surface area (Å²) in [5, 5.41) is 13.5. The Kier molecular flexibility index (Phi) is 4.61. The normalized spacial score (nSPS) is 12.9. The lowest BCUT2D eigenvalue weighted by atomic mass is 10.1. The van der Waals surface area contributed by atoms with E-state index in [9.17, 15) is 5.11 Å². The fourth-order valence-electron chi connectivity index (χ4n) is 1.57. The van der Waals surface area contributed by atoms with Crippen LogP contribution in [0.3, 0.4) is 0 Å². The van der Waals surface area contributed by atoms with Gasteiger partial charge in [0.2, 0.25) is 5.89 Å². The monoisotopic (exact) mass is 278 g/mol. The molecule has 0 fully saturated rings. The van der Waals surface area contributed by atoms with E-state index in [0.29, 0.717) is 17.5 Å². The third kappa shape index (κ3) is 3.81. The zero-order valence-electron chi connectivity index (χ0n) is 11.3. The van der Waals surface area contributed by atoms with E-state index in [1.807, 2.05) is 38.1 Å². The van der Waals surface area contributed by atoms with Gasteiger partial charge in [-0.25, -0.2) is 0 Å². The van der Waals surface area contributed by atoms with Gasteiger partial charge in [0.1, 0.15) is 0 Å². The lowest BCUT2D eigenvalue weighted by Gasteiger charge is -2.06. The lowest BCUT2D eigenvalue weighted by molar-refractivity contribution is 0.199. The molecule has 2 aromatic rings. The van der Waals surface area contributed by atoms with E-state index in [-0.39, 0.29) is 5.92 Å². The maximum atomic E-state index is 9.55. The predicted molar refractivity (Wildman–Crippen MR) is 75.0 cm³/mol. The number of aliphatic hydroxyl groups excluding tert-OH is 1. The molecule has 1 atom stereocenters. The standard InChI is InChI=1S/C14H18N2O2S/c1-9(2)14-15-13(16-18-14)8-19-12-6-4-5-11(7-12)10(3)17/h4-7,9-10,17H,8H2,1-3H3. The zero-order chi connectivity index (χ0) is 13.8. The molecule has 0 aliphatic rings. The van der Waals surface area contributed by atoms with E-state index < -0.39 is 6.10 Å². The first-order valence-corrected chi connectivity index (χ1v) is 7.28. The highest BCUT2D eigenvalue weighted by Gasteiger charge is 2.10. The van der Waals surface area contributed by atoms with Gasteiger partial charge in [0, 0.05) is 10.8 Å². The van der Waals surface area contributed by atoms with Gasteiger partial charge in [0.15, 0.2) is 5.82 Å². The summed E-state index contributed by atoms with van der Waals surface area (Å²) >= 11 is 1.63. The largest absolute Gasteiger partial charge is 0.389 e. The summed E-state index contributed by atoms with van der Waals surface area (Å²) < 4.78 is 5.16. The smallest absolute Gasteiger partial charge is 0.229 e. The Hall–Kier alpha value is -1.33. The Bertz CT molecular complexity index is 538. The van der Waals surface area contributed by atoms with Crippen LogP contribution in [0.15, 0.2) is 33.7 Å². The van der Waals surface area contributed by atoms with Crippen LogP contribution in [-0.4, -0.2) is 15.2 Å². The van der Waals surface area contributed by atoms with Crippen LogP contribution >= 0.6 is 11.8 Å². The maximum Gasteiger partial charge on any atom is 0.229 e. The molecule has 0 bridgehead atoms. The summed E-state index contributed by atoms with van der Waals surface area (Å²) in [5.41, 5.74) is 0.918. The minimum Gasteiger partial charge on any atom is -0.389 e. The number of aliphatic hydroxyl groups is 1. The summed E-state index contributed by atoms with van der Waals surface area (Å²) in [5.74, 6) is 2.30. The summed E-state index contributed by atoms with van der Waals surface area (Å²) in [6.07, 6.45) is -0.446. The van der Waals surface area contributed by atoms with Crippen LogP contribution in [0.2, 0.25) is 0 Å². The molecule has 0 radical (unpaired) electrons. The van der Waals surface area contributed by atoms with Crippen molar-refractivity contribution in [1.29, 1.82) is 0 Å². The molecule has 0 aliphatic carbocycles. The van der Waals surface area contributed by atoms with Crippen molar-refractivity contribution in [3.8, 4) is 0 Å². The van der Waals surface area contributed by atoms with Crippen molar-refractivity contribution < 1.29 is 9.63 Å². The van der Waals surface area contributed by atoms with Gasteiger partial charge in [-0.1, -0.05) is 31.1 Å². The van der Waals surface area contributed by atoms with Crippen LogP contribution in [0.1, 0.15) is 50.1 Å². The number of hydrogen-bond donors (Lipinski definition) is 1. The lowest BCUT2D eigenvalue weighted by Crippen LogP contribution is -1.91. The van der Waals surface area contributed by atoms with E-state index >= 15 is 0 Å². The van der Waals surface area contributed by atoms with Crippen molar-refractivity contribution in [2.24, 2.45) is 0 Å². The second-order valence-electron chi connectivity index (χ2n) is 4.74. The van der Waals surface area contributed by atoms with Crippen molar-refractivity contribution >= 4 is 11.8 Å². The van der Waals surface area contributed by atoms with Crippen LogP contribution in [0.4, 0.5) is 0 Å². The Labute approximate surface area is 117 Å². The molecule has 0 amide bonds. The van der Waals surface area contributed by atoms with Crippen molar-refractivity contribution in [3.05, 3.63) is 41.5 Å². The van der Waals surface area contributed by atoms with Crippen LogP contribution in [0, 0.1) is 0 Å². The van der Waals surface area contributed by atoms with Gasteiger partial charge in [-0.15, -0.1) is 11.8 Å². The average Bonchev–Trinajstić information content (AvgIpc) is 2.85. The van der Waals surface area contributed by atoms with E-state index in [4.69, 9.17) is 4.52 Å². The van der Waals surface area contributed by atoms with Crippen LogP contribution in [-0.2, 0) is 5.75 Å². The Balaban J connectivity index is 1.99. The Morgan fingerprint density at radius 2 is 2.11 bits per heavy atom. The first-order valence-electron chi connectivity index (χ1n) is 6.29. The van der Waals surface area contributed by atoms with Gasteiger partial charge in [0.05, 0.1) is 11.9 Å². The van der Waals surface area contributed by atoms with Gasteiger partial charge < -0.3 is 9.63 Å². The topological polar surface area (TPSA) is 59.2 Å². The zero-order valence-corrected chi connectivity index (χ0v) is 12.1. The molecule has 1 N–H and O–H groups in total. The van der Waals surface area contributed by atoms with Gasteiger partial charge in [-0.05, 0) is 24.6 Å². The fraction of sp³-hybridized carbons (Fsp3) is 0.429. The highest BCUT2D eigenvalue weighted by molar-refractivity contribution is 7.98. The van der Waals surface area contributed by atoms with Crippen LogP contribution in [0.25, 0.3) is 0 Å². The number of benzene rings is 1. The Morgan fingerprint density at radius 3 is 2.74 bits per heavy atom. The molecule has 0 saturated heterocycles. The molecular formula is C14H18N2O2S. The second-order valence-corrected chi connectivity index (χ2v) is 5.79. The summed E-state index contributed by atoms with van der Waals surface area (Å²) in [6.45, 7) is 5.81. The quantitative estimate of drug-likeness (QED) is 0.848. The molecule has 0 saturated carbocycles. The molecule has 2 rings (SSSR count). The van der Waals surface area contributed by atoms with Gasteiger partial charge in [0.25, 0.3) is 0 Å². The second kappa shape index (κ2) is 6.21. The van der Waals surface area contributed by atoms with Crippen molar-refractivity contribution in [1.82, 2.24) is 10.1 Å². The third-order valence-corrected chi connectivity index (χ3v) is 3.68. The third-order valence-electron chi connectivity index (χ3n) is 2.69. The van der Waals surface area contributed by atoms with Gasteiger partial charge >= 0.3 is 0 Å². The molecule has 1 heterocycles. The molecule has 102 valence electrons. The SMILES string of the molecule is CC(C)c1nc(CSc2cccc(C(C)O)c2)no1. The summed E-state index contributed by atoms with van der Waals surface area (Å²) in [7, 11) is 0. The van der Waals surface area contributed by atoms with Gasteiger partial charge in [-0.2, -0.15) is 4.98 Å². The highest BCUT2D eigenvalue weighted by Crippen LogP contribution is 2.25. The molecule has 0 spiro atoms. The summed E-state index contributed by atoms with van der Waals surface area (Å²) in [6, 6.07) is 7.86. The minimum atomic E-state index is -0.446. The van der Waals surface area contributed by atoms with Crippen molar-refractivity contribution in [2.45, 2.75) is 43.4 Å². The first-order chi connectivity index (χ1) is 9.06. The molecule has 0 aliphatic heterocycles. The molecular weight excluding hydrogens is 260 g/mol. The fourth-order valence-corrected chi connectivity index (χ4v) is 2.38. The Morgan fingerprint density at radius 1 is 1.32 bits per heavy atom. The molecule has 5 heteroatoms. The molecule has 1 unspecified atom stereocenters. The number of nitrogens with zero attached hydrogens (tertiary/aromatic N) is 2. The number of rotatable bonds is 5. The van der Waals surface area contributed by atoms with E-state index in [2.05, 4.69) is 10.1 Å². The van der Waals surface area contributed by atoms with E-state index in [0.717, 1.165) is 10.5 Å². The first kappa shape index (κ1) is 14.1. The van der Waals surface area contributed by atoms with E-state index in [1.54, 1.807) is 18.7 Å².